The largest absolute Gasteiger partial charge is 0.451 e. The fourth-order valence-electron chi connectivity index (χ4n) is 3.39. The van der Waals surface area contributed by atoms with Gasteiger partial charge in [-0.25, -0.2) is 9.97 Å². The first kappa shape index (κ1) is 20.0. The predicted octanol–water partition coefficient (Wildman–Crippen LogP) is 4.56. The van der Waals surface area contributed by atoms with Crippen LogP contribution in [0, 0.1) is 0 Å². The molecule has 0 fully saturated rings. The number of nitrogens with zero attached hydrogens (tertiary/aromatic N) is 5. The summed E-state index contributed by atoms with van der Waals surface area (Å²) in [6.07, 6.45) is 5.02. The molecular formula is C23H18N6O2S. The van der Waals surface area contributed by atoms with Gasteiger partial charge in [0.05, 0.1) is 0 Å². The summed E-state index contributed by atoms with van der Waals surface area (Å²) in [4.78, 5) is 21.7. The van der Waals surface area contributed by atoms with Gasteiger partial charge in [0.2, 0.25) is 0 Å². The second-order valence-electron chi connectivity index (χ2n) is 7.03. The van der Waals surface area contributed by atoms with Gasteiger partial charge < -0.3 is 14.3 Å². The molecule has 0 saturated heterocycles. The van der Waals surface area contributed by atoms with Gasteiger partial charge in [-0.2, -0.15) is 0 Å². The maximum atomic E-state index is 13.2. The van der Waals surface area contributed by atoms with Crippen LogP contribution in [-0.2, 0) is 12.8 Å². The molecule has 1 N–H and O–H groups in total. The molecule has 0 unspecified atom stereocenters. The highest BCUT2D eigenvalue weighted by Crippen LogP contribution is 2.31. The molecule has 8 nitrogen and oxygen atoms in total. The molecule has 2 aromatic carbocycles. The number of aromatic nitrogens is 5. The Bertz CT molecular complexity index is 1400. The summed E-state index contributed by atoms with van der Waals surface area (Å²) in [5.41, 5.74) is 2.96. The Morgan fingerprint density at radius 1 is 1.09 bits per heavy atom. The van der Waals surface area contributed by atoms with E-state index in [1.807, 2.05) is 60.1 Å². The average Bonchev–Trinajstić information content (AvgIpc) is 3.42. The summed E-state index contributed by atoms with van der Waals surface area (Å²) in [7, 11) is 1.87. The standard InChI is InChI=1S/C23H18N6O2S/c1-29-14-26-28-21(29)15-6-4-7-16(12-15)27-22(30)20-18(13-32-23-24-10-5-11-25-23)17-8-2-3-9-19(17)31-20/h2-12,14H,13H2,1H3,(H,27,30). The fourth-order valence-corrected chi connectivity index (χ4v) is 4.22. The van der Waals surface area contributed by atoms with Gasteiger partial charge in [0, 0.05) is 47.4 Å². The van der Waals surface area contributed by atoms with Crippen LogP contribution in [0.15, 0.2) is 82.9 Å². The molecule has 0 radical (unpaired) electrons. The molecule has 0 atom stereocenters. The number of para-hydroxylation sites is 1. The maximum Gasteiger partial charge on any atom is 0.291 e. The molecule has 158 valence electrons. The number of hydrogen-bond acceptors (Lipinski definition) is 7. The van der Waals surface area contributed by atoms with Crippen molar-refractivity contribution in [1.82, 2.24) is 24.7 Å². The maximum absolute atomic E-state index is 13.2. The molecule has 32 heavy (non-hydrogen) atoms. The van der Waals surface area contributed by atoms with Gasteiger partial charge in [-0.05, 0) is 24.3 Å². The number of carbonyl (C=O) groups excluding carboxylic acids is 1. The van der Waals surface area contributed by atoms with E-state index in [2.05, 4.69) is 25.5 Å². The number of fused-ring (bicyclic) bond motifs is 1. The minimum Gasteiger partial charge on any atom is -0.451 e. The van der Waals surface area contributed by atoms with Crippen molar-refractivity contribution in [3.05, 3.63) is 84.6 Å². The number of thioether (sulfide) groups is 1. The fraction of sp³-hybridized carbons (Fsp3) is 0.0870. The highest BCUT2D eigenvalue weighted by Gasteiger charge is 2.21. The average molecular weight is 443 g/mol. The van der Waals surface area contributed by atoms with Gasteiger partial charge in [0.25, 0.3) is 5.91 Å². The first-order valence-corrected chi connectivity index (χ1v) is 10.8. The first-order valence-electron chi connectivity index (χ1n) is 9.85. The third-order valence-corrected chi connectivity index (χ3v) is 5.78. The number of carbonyl (C=O) groups is 1. The SMILES string of the molecule is Cn1cnnc1-c1cccc(NC(=O)c2oc3ccccc3c2CSc2ncccn2)c1. The molecule has 0 aliphatic heterocycles. The third kappa shape index (κ3) is 3.97. The number of rotatable bonds is 6. The molecule has 5 rings (SSSR count). The lowest BCUT2D eigenvalue weighted by molar-refractivity contribution is 0.0998. The summed E-state index contributed by atoms with van der Waals surface area (Å²) >= 11 is 1.45. The molecule has 0 aliphatic carbocycles. The van der Waals surface area contributed by atoms with E-state index in [1.54, 1.807) is 24.8 Å². The van der Waals surface area contributed by atoms with E-state index >= 15 is 0 Å². The summed E-state index contributed by atoms with van der Waals surface area (Å²) in [5, 5.41) is 12.5. The summed E-state index contributed by atoms with van der Waals surface area (Å²) in [6, 6.07) is 16.9. The Balaban J connectivity index is 1.44. The Labute approximate surface area is 187 Å². The van der Waals surface area contributed by atoms with Crippen LogP contribution in [0.5, 0.6) is 0 Å². The second kappa shape index (κ2) is 8.64. The quantitative estimate of drug-likeness (QED) is 0.304. The highest BCUT2D eigenvalue weighted by atomic mass is 32.2. The first-order chi connectivity index (χ1) is 15.7. The lowest BCUT2D eigenvalue weighted by atomic mass is 10.1. The van der Waals surface area contributed by atoms with Crippen LogP contribution in [-0.4, -0.2) is 30.6 Å². The smallest absolute Gasteiger partial charge is 0.291 e. The van der Waals surface area contributed by atoms with E-state index in [0.717, 1.165) is 16.5 Å². The zero-order chi connectivity index (χ0) is 21.9. The number of anilines is 1. The zero-order valence-electron chi connectivity index (χ0n) is 17.1. The van der Waals surface area contributed by atoms with Crippen molar-refractivity contribution in [2.45, 2.75) is 10.9 Å². The Morgan fingerprint density at radius 3 is 2.75 bits per heavy atom. The van der Waals surface area contributed by atoms with Crippen LogP contribution in [0.2, 0.25) is 0 Å². The van der Waals surface area contributed by atoms with Crippen LogP contribution >= 0.6 is 11.8 Å². The molecular weight excluding hydrogens is 424 g/mol. The van der Waals surface area contributed by atoms with Gasteiger partial charge in [-0.3, -0.25) is 4.79 Å². The van der Waals surface area contributed by atoms with E-state index in [9.17, 15) is 4.79 Å². The van der Waals surface area contributed by atoms with E-state index in [1.165, 1.54) is 11.8 Å². The molecule has 1 amide bonds. The second-order valence-corrected chi connectivity index (χ2v) is 7.97. The van der Waals surface area contributed by atoms with Gasteiger partial charge in [0.1, 0.15) is 11.9 Å². The number of furan rings is 1. The van der Waals surface area contributed by atoms with Crippen LogP contribution in [0.25, 0.3) is 22.4 Å². The topological polar surface area (TPSA) is 98.7 Å². The number of nitrogens with one attached hydrogen (secondary N) is 1. The summed E-state index contributed by atoms with van der Waals surface area (Å²) in [6.45, 7) is 0. The van der Waals surface area contributed by atoms with Crippen LogP contribution in [0.3, 0.4) is 0 Å². The van der Waals surface area contributed by atoms with Gasteiger partial charge >= 0.3 is 0 Å². The molecule has 0 aliphatic rings. The van der Waals surface area contributed by atoms with Crippen molar-refractivity contribution in [3.8, 4) is 11.4 Å². The molecule has 3 heterocycles. The minimum atomic E-state index is -0.319. The van der Waals surface area contributed by atoms with Gasteiger partial charge in [-0.1, -0.05) is 42.1 Å². The van der Waals surface area contributed by atoms with Crippen LogP contribution in [0.4, 0.5) is 5.69 Å². The summed E-state index contributed by atoms with van der Waals surface area (Å²) in [5.74, 6) is 1.17. The number of benzene rings is 2. The Kier molecular flexibility index (Phi) is 5.39. The van der Waals surface area contributed by atoms with Gasteiger partial charge in [0.15, 0.2) is 16.7 Å². The van der Waals surface area contributed by atoms with E-state index < -0.39 is 0 Å². The highest BCUT2D eigenvalue weighted by molar-refractivity contribution is 7.98. The summed E-state index contributed by atoms with van der Waals surface area (Å²) < 4.78 is 7.77. The molecule has 0 saturated carbocycles. The number of aryl methyl sites for hydroxylation is 1. The van der Waals surface area contributed by atoms with Crippen molar-refractivity contribution in [1.29, 1.82) is 0 Å². The monoisotopic (exact) mass is 442 g/mol. The third-order valence-electron chi connectivity index (χ3n) is 4.88. The lowest BCUT2D eigenvalue weighted by Crippen LogP contribution is -2.13. The van der Waals surface area contributed by atoms with Crippen molar-refractivity contribution < 1.29 is 9.21 Å². The molecule has 0 bridgehead atoms. The Hall–Kier alpha value is -3.98. The van der Waals surface area contributed by atoms with Crippen molar-refractivity contribution in [2.75, 3.05) is 5.32 Å². The van der Waals surface area contributed by atoms with Crippen molar-refractivity contribution in [3.63, 3.8) is 0 Å². The van der Waals surface area contributed by atoms with E-state index in [4.69, 9.17) is 4.42 Å². The van der Waals surface area contributed by atoms with Crippen molar-refractivity contribution >= 4 is 34.3 Å². The van der Waals surface area contributed by atoms with Crippen LogP contribution < -0.4 is 5.32 Å². The normalized spacial score (nSPS) is 11.0. The van der Waals surface area contributed by atoms with E-state index in [0.29, 0.717) is 28.0 Å². The van der Waals surface area contributed by atoms with E-state index in [-0.39, 0.29) is 11.7 Å². The molecule has 5 aromatic rings. The number of amides is 1. The Morgan fingerprint density at radius 2 is 1.94 bits per heavy atom. The number of hydrogen-bond donors (Lipinski definition) is 1. The predicted molar refractivity (Wildman–Crippen MR) is 122 cm³/mol. The van der Waals surface area contributed by atoms with Crippen LogP contribution in [0.1, 0.15) is 16.1 Å². The molecule has 9 heteroatoms. The van der Waals surface area contributed by atoms with Crippen molar-refractivity contribution in [2.24, 2.45) is 7.05 Å². The minimum absolute atomic E-state index is 0.277. The molecule has 0 spiro atoms. The van der Waals surface area contributed by atoms with Gasteiger partial charge in [-0.15, -0.1) is 10.2 Å². The zero-order valence-corrected chi connectivity index (χ0v) is 17.9. The lowest BCUT2D eigenvalue weighted by Gasteiger charge is -2.07. The molecule has 3 aromatic heterocycles.